The maximum atomic E-state index is 12.7. The zero-order chi connectivity index (χ0) is 21.8. The summed E-state index contributed by atoms with van der Waals surface area (Å²) in [4.78, 5) is 13.7. The molecule has 0 spiro atoms. The van der Waals surface area contributed by atoms with Gasteiger partial charge in [0.1, 0.15) is 11.3 Å². The van der Waals surface area contributed by atoms with Gasteiger partial charge in [0.05, 0.1) is 19.1 Å². The number of methoxy groups -OCH3 is 1. The first-order valence-corrected chi connectivity index (χ1v) is 11.1. The van der Waals surface area contributed by atoms with Gasteiger partial charge < -0.3 is 14.5 Å². The maximum Gasteiger partial charge on any atom is 0.248 e. The number of hydrogen-bond donors (Lipinski definition) is 1. The fourth-order valence-corrected chi connectivity index (χ4v) is 4.12. The van der Waals surface area contributed by atoms with E-state index in [-0.39, 0.29) is 5.91 Å². The number of hydrogen-bond acceptors (Lipinski definition) is 4. The summed E-state index contributed by atoms with van der Waals surface area (Å²) in [5.74, 6) is 0.476. The Morgan fingerprint density at radius 1 is 1.06 bits per heavy atom. The summed E-state index contributed by atoms with van der Waals surface area (Å²) in [5.41, 5.74) is 5.27. The summed E-state index contributed by atoms with van der Waals surface area (Å²) in [6, 6.07) is 21.7. The van der Waals surface area contributed by atoms with E-state index in [0.29, 0.717) is 5.75 Å². The molecule has 4 aromatic rings. The molecule has 1 N–H and O–H groups in total. The largest absolute Gasteiger partial charge is 0.496 e. The van der Waals surface area contributed by atoms with Crippen LogP contribution in [0.1, 0.15) is 12.5 Å². The van der Waals surface area contributed by atoms with Crippen molar-refractivity contribution >= 4 is 39.9 Å². The third-order valence-corrected chi connectivity index (χ3v) is 5.91. The van der Waals surface area contributed by atoms with Gasteiger partial charge in [-0.15, -0.1) is 11.8 Å². The number of furan rings is 1. The summed E-state index contributed by atoms with van der Waals surface area (Å²) < 4.78 is 11.4. The Bertz CT molecular complexity index is 1260. The highest BCUT2D eigenvalue weighted by Gasteiger charge is 2.15. The van der Waals surface area contributed by atoms with E-state index in [1.807, 2.05) is 79.9 Å². The minimum Gasteiger partial charge on any atom is -0.496 e. The highest BCUT2D eigenvalue weighted by molar-refractivity contribution is 7.98. The van der Waals surface area contributed by atoms with Gasteiger partial charge in [0.2, 0.25) is 5.91 Å². The minimum absolute atomic E-state index is 0.184. The highest BCUT2D eigenvalue weighted by Crippen LogP contribution is 2.37. The molecule has 0 aliphatic rings. The molecule has 31 heavy (non-hydrogen) atoms. The number of anilines is 1. The van der Waals surface area contributed by atoms with Gasteiger partial charge in [-0.2, -0.15) is 0 Å². The molecule has 0 radical (unpaired) electrons. The molecule has 0 saturated heterocycles. The van der Waals surface area contributed by atoms with Crippen molar-refractivity contribution in [1.29, 1.82) is 0 Å². The summed E-state index contributed by atoms with van der Waals surface area (Å²) in [5, 5.41) is 3.95. The van der Waals surface area contributed by atoms with E-state index in [1.54, 1.807) is 31.2 Å². The number of para-hydroxylation sites is 1. The molecule has 4 rings (SSSR count). The molecular weight excluding hydrogens is 406 g/mol. The van der Waals surface area contributed by atoms with Crippen molar-refractivity contribution in [2.45, 2.75) is 11.8 Å². The number of nitrogens with one attached hydrogen (secondary N) is 1. The Morgan fingerprint density at radius 3 is 2.55 bits per heavy atom. The van der Waals surface area contributed by atoms with Crippen LogP contribution in [-0.4, -0.2) is 19.3 Å². The summed E-state index contributed by atoms with van der Waals surface area (Å²) in [6.07, 6.45) is 5.35. The predicted molar refractivity (Wildman–Crippen MR) is 129 cm³/mol. The van der Waals surface area contributed by atoms with Gasteiger partial charge in [-0.25, -0.2) is 0 Å². The summed E-state index contributed by atoms with van der Waals surface area (Å²) in [7, 11) is 1.62. The van der Waals surface area contributed by atoms with E-state index >= 15 is 0 Å². The normalized spacial score (nSPS) is 11.5. The average Bonchev–Trinajstić information content (AvgIpc) is 3.22. The van der Waals surface area contributed by atoms with Gasteiger partial charge in [-0.05, 0) is 42.5 Å². The predicted octanol–water partition coefficient (Wildman–Crippen LogP) is 6.87. The van der Waals surface area contributed by atoms with Crippen molar-refractivity contribution < 1.29 is 13.9 Å². The molecule has 0 saturated carbocycles. The molecular formula is C26H23NO3S. The van der Waals surface area contributed by atoms with E-state index in [2.05, 4.69) is 5.32 Å². The van der Waals surface area contributed by atoms with Crippen LogP contribution in [0.5, 0.6) is 5.75 Å². The van der Waals surface area contributed by atoms with Crippen molar-refractivity contribution in [3.63, 3.8) is 0 Å². The number of benzene rings is 3. The average molecular weight is 430 g/mol. The minimum atomic E-state index is -0.184. The molecule has 0 bridgehead atoms. The van der Waals surface area contributed by atoms with Gasteiger partial charge in [-0.3, -0.25) is 4.79 Å². The standard InChI is InChI=1S/C26H23NO3S/c1-17(13-26(28)27-22-11-7-8-12-25(22)31-3)19-14-20-21(18-9-5-4-6-10-18)16-30-24(20)15-23(19)29-2/h4-16H,1-3H3,(H,27,28)/b17-13+. The SMILES string of the molecule is COc1cc2occ(-c3ccccc3)c2cc1/C(C)=C/C(=O)Nc1ccccc1SC. The third kappa shape index (κ3) is 4.37. The first-order chi connectivity index (χ1) is 15.1. The Kier molecular flexibility index (Phi) is 6.14. The molecule has 1 heterocycles. The number of amides is 1. The van der Waals surface area contributed by atoms with E-state index in [0.717, 1.165) is 43.8 Å². The van der Waals surface area contributed by atoms with Gasteiger partial charge in [0.25, 0.3) is 0 Å². The monoisotopic (exact) mass is 429 g/mol. The van der Waals surface area contributed by atoms with Gasteiger partial charge in [0.15, 0.2) is 0 Å². The Balaban J connectivity index is 1.71. The smallest absolute Gasteiger partial charge is 0.248 e. The van der Waals surface area contributed by atoms with Crippen molar-refractivity contribution in [2.24, 2.45) is 0 Å². The quantitative estimate of drug-likeness (QED) is 0.268. The number of ether oxygens (including phenoxy) is 1. The second kappa shape index (κ2) is 9.14. The molecule has 1 aromatic heterocycles. The fraction of sp³-hybridized carbons (Fsp3) is 0.115. The van der Waals surface area contributed by atoms with Crippen LogP contribution in [0.2, 0.25) is 0 Å². The molecule has 4 nitrogen and oxygen atoms in total. The van der Waals surface area contributed by atoms with Crippen LogP contribution in [0.4, 0.5) is 5.69 Å². The van der Waals surface area contributed by atoms with E-state index in [1.165, 1.54) is 0 Å². The third-order valence-electron chi connectivity index (χ3n) is 5.12. The number of carbonyl (C=O) groups is 1. The lowest BCUT2D eigenvalue weighted by Gasteiger charge is -2.11. The second-order valence-corrected chi connectivity index (χ2v) is 7.93. The van der Waals surface area contributed by atoms with Gasteiger partial charge in [-0.1, -0.05) is 42.5 Å². The van der Waals surface area contributed by atoms with Crippen molar-refractivity contribution in [3.05, 3.63) is 84.6 Å². The molecule has 0 unspecified atom stereocenters. The first-order valence-electron chi connectivity index (χ1n) is 9.88. The highest BCUT2D eigenvalue weighted by atomic mass is 32.2. The van der Waals surface area contributed by atoms with Crippen LogP contribution in [0.15, 0.2) is 88.4 Å². The molecule has 1 amide bonds. The first kappa shape index (κ1) is 20.8. The van der Waals surface area contributed by atoms with Crippen LogP contribution >= 0.6 is 11.8 Å². The number of fused-ring (bicyclic) bond motifs is 1. The van der Waals surface area contributed by atoms with Crippen molar-refractivity contribution in [1.82, 2.24) is 0 Å². The van der Waals surface area contributed by atoms with Crippen LogP contribution < -0.4 is 10.1 Å². The number of allylic oxidation sites excluding steroid dienone is 1. The van der Waals surface area contributed by atoms with Crippen LogP contribution in [-0.2, 0) is 4.79 Å². The Morgan fingerprint density at radius 2 is 1.81 bits per heavy atom. The molecule has 0 aliphatic heterocycles. The molecule has 0 fully saturated rings. The summed E-state index contributed by atoms with van der Waals surface area (Å²) >= 11 is 1.59. The van der Waals surface area contributed by atoms with Crippen LogP contribution in [0, 0.1) is 0 Å². The zero-order valence-corrected chi connectivity index (χ0v) is 18.5. The van der Waals surface area contributed by atoms with Crippen molar-refractivity contribution in [2.75, 3.05) is 18.7 Å². The topological polar surface area (TPSA) is 51.5 Å². The van der Waals surface area contributed by atoms with Crippen LogP contribution in [0.25, 0.3) is 27.7 Å². The molecule has 3 aromatic carbocycles. The van der Waals surface area contributed by atoms with Crippen LogP contribution in [0.3, 0.4) is 0 Å². The van der Waals surface area contributed by atoms with E-state index in [9.17, 15) is 4.79 Å². The molecule has 5 heteroatoms. The van der Waals surface area contributed by atoms with Crippen molar-refractivity contribution in [3.8, 4) is 16.9 Å². The lowest BCUT2D eigenvalue weighted by atomic mass is 9.99. The molecule has 0 atom stereocenters. The Hall–Kier alpha value is -3.44. The summed E-state index contributed by atoms with van der Waals surface area (Å²) in [6.45, 7) is 1.91. The lowest BCUT2D eigenvalue weighted by molar-refractivity contribution is -0.111. The lowest BCUT2D eigenvalue weighted by Crippen LogP contribution is -2.09. The number of thioether (sulfide) groups is 1. The number of rotatable bonds is 6. The fourth-order valence-electron chi connectivity index (χ4n) is 3.56. The second-order valence-electron chi connectivity index (χ2n) is 7.08. The van der Waals surface area contributed by atoms with Gasteiger partial charge in [0, 0.05) is 33.6 Å². The van der Waals surface area contributed by atoms with E-state index < -0.39 is 0 Å². The van der Waals surface area contributed by atoms with E-state index in [4.69, 9.17) is 9.15 Å². The Labute approximate surface area is 185 Å². The molecule has 156 valence electrons. The maximum absolute atomic E-state index is 12.7. The number of carbonyl (C=O) groups excluding carboxylic acids is 1. The molecule has 0 aliphatic carbocycles. The zero-order valence-electron chi connectivity index (χ0n) is 17.6. The van der Waals surface area contributed by atoms with Gasteiger partial charge >= 0.3 is 0 Å².